The molecule has 0 radical (unpaired) electrons. The average molecular weight is 505 g/mol. The third-order valence-electron chi connectivity index (χ3n) is 3.86. The summed E-state index contributed by atoms with van der Waals surface area (Å²) >= 11 is 0. The van der Waals surface area contributed by atoms with Crippen molar-refractivity contribution in [2.75, 3.05) is 12.0 Å². The molecule has 1 heterocycles. The van der Waals surface area contributed by atoms with Gasteiger partial charge in [0.25, 0.3) is 0 Å². The van der Waals surface area contributed by atoms with Crippen molar-refractivity contribution in [3.8, 4) is 5.88 Å². The summed E-state index contributed by atoms with van der Waals surface area (Å²) < 4.78 is 62.3. The predicted molar refractivity (Wildman–Crippen MR) is 120 cm³/mol. The highest BCUT2D eigenvalue weighted by Crippen LogP contribution is 2.40. The smallest absolute Gasteiger partial charge is 0.424 e. The zero-order valence-corrected chi connectivity index (χ0v) is 21.0. The highest BCUT2D eigenvalue weighted by Gasteiger charge is 2.42. The zero-order chi connectivity index (χ0) is 27.4. The lowest BCUT2D eigenvalue weighted by atomic mass is 10.1. The minimum Gasteiger partial charge on any atom is -0.474 e. The highest BCUT2D eigenvalue weighted by molar-refractivity contribution is 6.13. The van der Waals surface area contributed by atoms with Gasteiger partial charge in [0, 0.05) is 6.42 Å². The highest BCUT2D eigenvalue weighted by atomic mass is 19.4. The van der Waals surface area contributed by atoms with Gasteiger partial charge in [0.1, 0.15) is 22.9 Å². The minimum atomic E-state index is -5.03. The molecule has 0 N–H and O–H groups in total. The minimum absolute atomic E-state index is 0.169. The molecule has 0 unspecified atom stereocenters. The van der Waals surface area contributed by atoms with Crippen LogP contribution in [-0.4, -0.2) is 47.6 Å². The molecule has 0 saturated heterocycles. The number of hydrogen-bond acceptors (Lipinski definition) is 8. The first kappa shape index (κ1) is 29.7. The van der Waals surface area contributed by atoms with Gasteiger partial charge < -0.3 is 18.9 Å². The van der Waals surface area contributed by atoms with Gasteiger partial charge in [-0.25, -0.2) is 19.4 Å². The van der Waals surface area contributed by atoms with E-state index in [0.717, 1.165) is 7.11 Å². The number of nitrogens with zero attached hydrogens (tertiary/aromatic N) is 2. The van der Waals surface area contributed by atoms with Crippen molar-refractivity contribution >= 4 is 23.8 Å². The number of rotatable bonds is 6. The number of pyridine rings is 1. The number of hydrogen-bond donors (Lipinski definition) is 0. The van der Waals surface area contributed by atoms with Gasteiger partial charge in [-0.05, 0) is 54.5 Å². The number of anilines is 1. The van der Waals surface area contributed by atoms with Crippen LogP contribution < -0.4 is 9.64 Å². The van der Waals surface area contributed by atoms with Crippen molar-refractivity contribution in [2.24, 2.45) is 0 Å². The Balaban J connectivity index is 3.93. The molecule has 0 aliphatic carbocycles. The number of amides is 2. The number of methoxy groups -OCH3 is 1. The lowest BCUT2D eigenvalue weighted by molar-refractivity contribution is -0.139. The van der Waals surface area contributed by atoms with Gasteiger partial charge in [-0.15, -0.1) is 6.58 Å². The van der Waals surface area contributed by atoms with E-state index in [1.165, 1.54) is 54.5 Å². The molecule has 0 aliphatic heterocycles. The van der Waals surface area contributed by atoms with E-state index in [4.69, 9.17) is 14.2 Å². The molecule has 0 aliphatic rings. The Morgan fingerprint density at radius 3 is 1.91 bits per heavy atom. The van der Waals surface area contributed by atoms with Crippen molar-refractivity contribution < 1.29 is 46.5 Å². The maximum atomic E-state index is 14.0. The molecule has 0 saturated carbocycles. The molecule has 0 bridgehead atoms. The van der Waals surface area contributed by atoms with Crippen LogP contribution in [0.3, 0.4) is 0 Å². The van der Waals surface area contributed by atoms with E-state index >= 15 is 0 Å². The van der Waals surface area contributed by atoms with Gasteiger partial charge in [0.15, 0.2) is 5.69 Å². The number of ether oxygens (including phenoxy) is 4. The molecular formula is C23H31F3N2O7. The maximum absolute atomic E-state index is 14.0. The van der Waals surface area contributed by atoms with Crippen LogP contribution in [0.2, 0.25) is 0 Å². The molecule has 1 aromatic heterocycles. The monoisotopic (exact) mass is 504 g/mol. The van der Waals surface area contributed by atoms with Crippen LogP contribution in [0.15, 0.2) is 18.7 Å². The van der Waals surface area contributed by atoms with E-state index in [9.17, 15) is 27.6 Å². The number of alkyl halides is 3. The van der Waals surface area contributed by atoms with E-state index in [2.05, 4.69) is 16.3 Å². The fraction of sp³-hybridized carbons (Fsp3) is 0.565. The van der Waals surface area contributed by atoms with Crippen LogP contribution in [0.5, 0.6) is 5.88 Å². The molecule has 1 aromatic rings. The van der Waals surface area contributed by atoms with Gasteiger partial charge in [0.2, 0.25) is 5.88 Å². The molecule has 2 amide bonds. The number of aromatic nitrogens is 1. The van der Waals surface area contributed by atoms with Crippen molar-refractivity contribution in [2.45, 2.75) is 78.4 Å². The molecule has 1 atom stereocenters. The van der Waals surface area contributed by atoms with E-state index in [-0.39, 0.29) is 11.3 Å². The first-order chi connectivity index (χ1) is 15.8. The van der Waals surface area contributed by atoms with Crippen LogP contribution in [0.4, 0.5) is 28.4 Å². The summed E-state index contributed by atoms with van der Waals surface area (Å²) in [5.74, 6) is -2.17. The Kier molecular flexibility index (Phi) is 9.30. The van der Waals surface area contributed by atoms with Gasteiger partial charge in [-0.3, -0.25) is 0 Å². The van der Waals surface area contributed by atoms with Crippen molar-refractivity contribution in [3.63, 3.8) is 0 Å². The summed E-state index contributed by atoms with van der Waals surface area (Å²) in [7, 11) is 0.956. The van der Waals surface area contributed by atoms with E-state index < -0.39 is 64.5 Å². The number of carbonyl (C=O) groups is 3. The quantitative estimate of drug-likeness (QED) is 0.268. The average Bonchev–Trinajstić information content (AvgIpc) is 2.64. The van der Waals surface area contributed by atoms with Crippen LogP contribution >= 0.6 is 0 Å². The van der Waals surface area contributed by atoms with E-state index in [0.29, 0.717) is 6.07 Å². The van der Waals surface area contributed by atoms with Crippen molar-refractivity contribution in [3.05, 3.63) is 30.0 Å². The third kappa shape index (κ3) is 8.76. The van der Waals surface area contributed by atoms with Gasteiger partial charge >= 0.3 is 24.3 Å². The summed E-state index contributed by atoms with van der Waals surface area (Å²) in [6, 6.07) is 0.392. The van der Waals surface area contributed by atoms with Gasteiger partial charge in [0.05, 0.1) is 12.8 Å². The first-order valence-electron chi connectivity index (χ1n) is 10.5. The number of carbonyl (C=O) groups excluding carboxylic acids is 3. The maximum Gasteiger partial charge on any atom is 0.424 e. The Hall–Kier alpha value is -3.31. The Morgan fingerprint density at radius 2 is 1.54 bits per heavy atom. The molecule has 1 rings (SSSR count). The summed E-state index contributed by atoms with van der Waals surface area (Å²) in [5, 5.41) is 0. The largest absolute Gasteiger partial charge is 0.474 e. The lowest BCUT2D eigenvalue weighted by Crippen LogP contribution is -2.44. The lowest BCUT2D eigenvalue weighted by Gasteiger charge is -2.29. The second-order valence-corrected chi connectivity index (χ2v) is 9.45. The van der Waals surface area contributed by atoms with E-state index in [1.807, 2.05) is 0 Å². The second kappa shape index (κ2) is 11.0. The number of halogens is 3. The Morgan fingerprint density at radius 1 is 1.06 bits per heavy atom. The van der Waals surface area contributed by atoms with Crippen LogP contribution in [0, 0.1) is 0 Å². The van der Waals surface area contributed by atoms with Gasteiger partial charge in [-0.1, -0.05) is 6.08 Å². The SMILES string of the molecule is C=CC[C@@H](C)Oc1nc(C(=O)OC)c(N(C(=O)OC(C)(C)C)C(=O)OC(C)(C)C)cc1C(F)(F)F. The van der Waals surface area contributed by atoms with Crippen LogP contribution in [-0.2, 0) is 20.4 Å². The fourth-order valence-corrected chi connectivity index (χ4v) is 2.56. The first-order valence-corrected chi connectivity index (χ1v) is 10.5. The Labute approximate surface area is 202 Å². The van der Waals surface area contributed by atoms with Crippen LogP contribution in [0.25, 0.3) is 0 Å². The summed E-state index contributed by atoms with van der Waals surface area (Å²) in [5.41, 5.74) is -5.37. The summed E-state index contributed by atoms with van der Waals surface area (Å²) in [6.45, 7) is 13.9. The molecule has 0 spiro atoms. The molecule has 35 heavy (non-hydrogen) atoms. The zero-order valence-electron chi connectivity index (χ0n) is 21.0. The van der Waals surface area contributed by atoms with Crippen molar-refractivity contribution in [1.29, 1.82) is 0 Å². The third-order valence-corrected chi connectivity index (χ3v) is 3.86. The molecule has 12 heteroatoms. The molecule has 196 valence electrons. The standard InChI is InChI=1S/C23H31F3N2O7/c1-10-11-13(2)33-17-14(23(24,25)26)12-15(16(27-17)18(29)32-9)28(19(30)34-21(3,4)5)20(31)35-22(6,7)8/h10,12-13H,1,11H2,2-9H3/t13-/m1/s1. The van der Waals surface area contributed by atoms with Crippen LogP contribution in [0.1, 0.15) is 70.9 Å². The molecular weight excluding hydrogens is 473 g/mol. The second-order valence-electron chi connectivity index (χ2n) is 9.45. The number of imide groups is 1. The Bertz CT molecular complexity index is 936. The molecule has 0 fully saturated rings. The van der Waals surface area contributed by atoms with E-state index in [1.54, 1.807) is 0 Å². The summed E-state index contributed by atoms with van der Waals surface area (Å²) in [4.78, 5) is 42.3. The van der Waals surface area contributed by atoms with Gasteiger partial charge in [-0.2, -0.15) is 18.1 Å². The molecule has 0 aromatic carbocycles. The molecule has 9 nitrogen and oxygen atoms in total. The summed E-state index contributed by atoms with van der Waals surface area (Å²) in [6.07, 6.45) is -6.99. The normalized spacial score (nSPS) is 12.9. The fourth-order valence-electron chi connectivity index (χ4n) is 2.56. The number of esters is 1. The van der Waals surface area contributed by atoms with Crippen molar-refractivity contribution in [1.82, 2.24) is 4.98 Å². The predicted octanol–water partition coefficient (Wildman–Crippen LogP) is 5.91. The topological polar surface area (TPSA) is 104 Å².